The van der Waals surface area contributed by atoms with Crippen molar-refractivity contribution in [1.29, 1.82) is 0 Å². The van der Waals surface area contributed by atoms with E-state index in [-0.39, 0.29) is 29.1 Å². The Balaban J connectivity index is 1.84. The molecule has 0 aliphatic carbocycles. The summed E-state index contributed by atoms with van der Waals surface area (Å²) in [6, 6.07) is 7.27. The first kappa shape index (κ1) is 16.5. The van der Waals surface area contributed by atoms with E-state index < -0.39 is 0 Å². The zero-order valence-electron chi connectivity index (χ0n) is 12.7. The van der Waals surface area contributed by atoms with E-state index in [1.165, 1.54) is 11.8 Å². The first-order chi connectivity index (χ1) is 10.6. The van der Waals surface area contributed by atoms with E-state index in [4.69, 9.17) is 4.74 Å². The van der Waals surface area contributed by atoms with Gasteiger partial charge < -0.3 is 20.7 Å². The number of urea groups is 1. The molecule has 3 N–H and O–H groups in total. The van der Waals surface area contributed by atoms with Crippen molar-refractivity contribution in [3.63, 3.8) is 0 Å². The van der Waals surface area contributed by atoms with Gasteiger partial charge in [0.25, 0.3) is 0 Å². The van der Waals surface area contributed by atoms with Gasteiger partial charge in [-0.15, -0.1) is 11.8 Å². The number of ether oxygens (including phenoxy) is 1. The van der Waals surface area contributed by atoms with Crippen LogP contribution in [0.25, 0.3) is 0 Å². The van der Waals surface area contributed by atoms with Crippen LogP contribution in [0.2, 0.25) is 0 Å². The topological polar surface area (TPSA) is 79.5 Å². The Morgan fingerprint density at radius 2 is 2.18 bits per heavy atom. The smallest absolute Gasteiger partial charge is 0.315 e. The van der Waals surface area contributed by atoms with Gasteiger partial charge >= 0.3 is 6.03 Å². The van der Waals surface area contributed by atoms with E-state index >= 15 is 0 Å². The molecule has 2 rings (SSSR count). The number of nitrogens with one attached hydrogen (secondary N) is 3. The average molecular weight is 323 g/mol. The third-order valence-corrected chi connectivity index (χ3v) is 4.26. The highest BCUT2D eigenvalue weighted by molar-refractivity contribution is 8.00. The Morgan fingerprint density at radius 3 is 2.91 bits per heavy atom. The number of hydrogen-bond donors (Lipinski definition) is 3. The molecule has 1 aromatic rings. The van der Waals surface area contributed by atoms with Gasteiger partial charge in [-0.05, 0) is 32.4 Å². The van der Waals surface area contributed by atoms with E-state index in [1.807, 2.05) is 38.1 Å². The molecular weight excluding hydrogens is 302 g/mol. The Morgan fingerprint density at radius 1 is 1.41 bits per heavy atom. The fourth-order valence-corrected chi connectivity index (χ4v) is 3.21. The summed E-state index contributed by atoms with van der Waals surface area (Å²) < 4.78 is 5.47. The Kier molecular flexibility index (Phi) is 5.94. The Hall–Kier alpha value is -1.89. The van der Waals surface area contributed by atoms with Crippen molar-refractivity contribution in [3.05, 3.63) is 24.3 Å². The minimum Gasteiger partial charge on any atom is -0.492 e. The highest BCUT2D eigenvalue weighted by Gasteiger charge is 2.23. The molecule has 2 unspecified atom stereocenters. The third kappa shape index (κ3) is 4.84. The van der Waals surface area contributed by atoms with Gasteiger partial charge in [-0.3, -0.25) is 4.79 Å². The Labute approximate surface area is 134 Å². The lowest BCUT2D eigenvalue weighted by Gasteiger charge is -2.28. The van der Waals surface area contributed by atoms with Gasteiger partial charge in [-0.2, -0.15) is 0 Å². The van der Waals surface area contributed by atoms with E-state index in [0.29, 0.717) is 18.0 Å². The van der Waals surface area contributed by atoms with Gasteiger partial charge in [0, 0.05) is 6.04 Å². The molecular formula is C15H21N3O3S. The summed E-state index contributed by atoms with van der Waals surface area (Å²) in [6.45, 7) is 4.39. The number of hydrogen-bond acceptors (Lipinski definition) is 4. The summed E-state index contributed by atoms with van der Waals surface area (Å²) in [5.74, 6) is 0.822. The number of thioether (sulfide) groups is 1. The second kappa shape index (κ2) is 7.93. The summed E-state index contributed by atoms with van der Waals surface area (Å²) in [6.07, 6.45) is 0.791. The summed E-state index contributed by atoms with van der Waals surface area (Å²) in [5, 5.41) is 8.38. The molecule has 22 heavy (non-hydrogen) atoms. The van der Waals surface area contributed by atoms with Crippen molar-refractivity contribution in [1.82, 2.24) is 10.6 Å². The number of rotatable bonds is 6. The van der Waals surface area contributed by atoms with Crippen molar-refractivity contribution < 1.29 is 14.3 Å². The molecule has 0 saturated carbocycles. The van der Waals surface area contributed by atoms with E-state index in [9.17, 15) is 9.59 Å². The van der Waals surface area contributed by atoms with Crippen molar-refractivity contribution >= 4 is 29.4 Å². The van der Waals surface area contributed by atoms with Crippen LogP contribution in [0.3, 0.4) is 0 Å². The van der Waals surface area contributed by atoms with Crippen LogP contribution in [0.15, 0.2) is 24.3 Å². The van der Waals surface area contributed by atoms with Crippen LogP contribution < -0.4 is 20.7 Å². The second-order valence-electron chi connectivity index (χ2n) is 5.03. The first-order valence-corrected chi connectivity index (χ1v) is 8.33. The van der Waals surface area contributed by atoms with Gasteiger partial charge in [-0.1, -0.05) is 12.1 Å². The molecule has 1 aromatic carbocycles. The lowest BCUT2D eigenvalue weighted by molar-refractivity contribution is -0.113. The molecule has 3 amide bonds. The lowest BCUT2D eigenvalue weighted by atomic mass is 10.2. The van der Waals surface area contributed by atoms with Gasteiger partial charge in [0.2, 0.25) is 5.91 Å². The molecule has 7 heteroatoms. The molecule has 1 heterocycles. The summed E-state index contributed by atoms with van der Waals surface area (Å²) in [5.41, 5.74) is 0.665. The lowest BCUT2D eigenvalue weighted by Crippen LogP contribution is -2.52. The van der Waals surface area contributed by atoms with Gasteiger partial charge in [-0.25, -0.2) is 4.79 Å². The maximum Gasteiger partial charge on any atom is 0.315 e. The van der Waals surface area contributed by atoms with E-state index in [2.05, 4.69) is 16.0 Å². The quantitative estimate of drug-likeness (QED) is 0.749. The van der Waals surface area contributed by atoms with Crippen LogP contribution in [-0.4, -0.2) is 35.7 Å². The molecule has 0 bridgehead atoms. The molecule has 1 saturated heterocycles. The molecule has 0 spiro atoms. The van der Waals surface area contributed by atoms with Crippen LogP contribution in [0.5, 0.6) is 5.75 Å². The summed E-state index contributed by atoms with van der Waals surface area (Å²) >= 11 is 1.43. The van der Waals surface area contributed by atoms with Crippen LogP contribution in [-0.2, 0) is 4.79 Å². The number of benzene rings is 1. The predicted octanol–water partition coefficient (Wildman–Crippen LogP) is 2.17. The van der Waals surface area contributed by atoms with Crippen molar-refractivity contribution in [3.8, 4) is 5.75 Å². The largest absolute Gasteiger partial charge is 0.492 e. The Bertz CT molecular complexity index is 539. The monoisotopic (exact) mass is 323 g/mol. The zero-order valence-corrected chi connectivity index (χ0v) is 13.5. The highest BCUT2D eigenvalue weighted by Crippen LogP contribution is 2.24. The number of para-hydroxylation sites is 2. The minimum atomic E-state index is -0.182. The SMILES string of the molecule is CCOc1ccccc1NC(=O)CSC1CC(C)NC(=O)N1. The van der Waals surface area contributed by atoms with Gasteiger partial charge in [0.15, 0.2) is 0 Å². The molecule has 0 radical (unpaired) electrons. The maximum atomic E-state index is 12.1. The highest BCUT2D eigenvalue weighted by atomic mass is 32.2. The molecule has 1 aliphatic heterocycles. The van der Waals surface area contributed by atoms with Crippen molar-refractivity contribution in [2.24, 2.45) is 0 Å². The predicted molar refractivity (Wildman–Crippen MR) is 88.2 cm³/mol. The zero-order chi connectivity index (χ0) is 15.9. The van der Waals surface area contributed by atoms with Crippen molar-refractivity contribution in [2.75, 3.05) is 17.7 Å². The number of anilines is 1. The number of carbonyl (C=O) groups excluding carboxylic acids is 2. The number of amides is 3. The van der Waals surface area contributed by atoms with E-state index in [1.54, 1.807) is 0 Å². The molecule has 120 valence electrons. The fraction of sp³-hybridized carbons (Fsp3) is 0.467. The minimum absolute atomic E-state index is 0.0448. The fourth-order valence-electron chi connectivity index (χ4n) is 2.17. The maximum absolute atomic E-state index is 12.1. The standard InChI is InChI=1S/C15H21N3O3S/c1-3-21-12-7-5-4-6-11(12)17-13(19)9-22-14-8-10(2)16-15(20)18-14/h4-7,10,14H,3,8-9H2,1-2H3,(H,17,19)(H2,16,18,20). The van der Waals surface area contributed by atoms with Crippen LogP contribution in [0.4, 0.5) is 10.5 Å². The molecule has 6 nitrogen and oxygen atoms in total. The molecule has 1 fully saturated rings. The van der Waals surface area contributed by atoms with E-state index in [0.717, 1.165) is 6.42 Å². The molecule has 0 aromatic heterocycles. The molecule has 1 aliphatic rings. The van der Waals surface area contributed by atoms with Crippen LogP contribution in [0, 0.1) is 0 Å². The third-order valence-electron chi connectivity index (χ3n) is 3.11. The second-order valence-corrected chi connectivity index (χ2v) is 6.22. The van der Waals surface area contributed by atoms with Crippen LogP contribution >= 0.6 is 11.8 Å². The summed E-state index contributed by atoms with van der Waals surface area (Å²) in [4.78, 5) is 23.4. The molecule has 2 atom stereocenters. The van der Waals surface area contributed by atoms with Crippen molar-refractivity contribution in [2.45, 2.75) is 31.7 Å². The van der Waals surface area contributed by atoms with Crippen LogP contribution in [0.1, 0.15) is 20.3 Å². The normalized spacial score (nSPS) is 20.7. The van der Waals surface area contributed by atoms with Gasteiger partial charge in [0.1, 0.15) is 5.75 Å². The number of carbonyl (C=O) groups is 2. The first-order valence-electron chi connectivity index (χ1n) is 7.28. The van der Waals surface area contributed by atoms with Gasteiger partial charge in [0.05, 0.1) is 23.4 Å². The average Bonchev–Trinajstić information content (AvgIpc) is 2.46. The summed E-state index contributed by atoms with van der Waals surface area (Å²) in [7, 11) is 0.